The molecule has 0 spiro atoms. The number of nitrogens with zero attached hydrogens (tertiary/aromatic N) is 4. The Labute approximate surface area is 176 Å². The number of rotatable bonds is 11. The molecule has 0 saturated heterocycles. The minimum Gasteiger partial charge on any atom is -0.496 e. The average molecular weight is 400 g/mol. The number of methoxy groups -OCH3 is 1. The van der Waals surface area contributed by atoms with Gasteiger partial charge < -0.3 is 15.0 Å². The molecule has 0 aliphatic heterocycles. The van der Waals surface area contributed by atoms with Gasteiger partial charge in [0.15, 0.2) is 0 Å². The average Bonchev–Trinajstić information content (AvgIpc) is 2.77. The SMILES string of the molecule is CCc1nc(-c2cnc(N(CC)CC)cc2OC)c(CC)nc1NC(CC)CC. The first-order chi connectivity index (χ1) is 14.1. The molecule has 2 aromatic rings. The van der Waals surface area contributed by atoms with E-state index in [4.69, 9.17) is 19.7 Å². The number of hydrogen-bond acceptors (Lipinski definition) is 6. The number of aryl methyl sites for hydroxylation is 2. The normalized spacial score (nSPS) is 11.0. The predicted octanol–water partition coefficient (Wildman–Crippen LogP) is 5.12. The Kier molecular flexibility index (Phi) is 8.68. The van der Waals surface area contributed by atoms with Crippen LogP contribution in [0.1, 0.15) is 65.8 Å². The molecule has 2 aromatic heterocycles. The molecule has 2 rings (SSSR count). The number of anilines is 2. The summed E-state index contributed by atoms with van der Waals surface area (Å²) in [5, 5.41) is 3.59. The van der Waals surface area contributed by atoms with Crippen molar-refractivity contribution in [1.82, 2.24) is 15.0 Å². The minimum absolute atomic E-state index is 0.412. The molecule has 0 fully saturated rings. The minimum atomic E-state index is 0.412. The highest BCUT2D eigenvalue weighted by Gasteiger charge is 2.19. The van der Waals surface area contributed by atoms with Crippen LogP contribution in [0.5, 0.6) is 5.75 Å². The Morgan fingerprint density at radius 3 is 2.14 bits per heavy atom. The molecular weight excluding hydrogens is 362 g/mol. The molecule has 6 heteroatoms. The molecule has 0 radical (unpaired) electrons. The second-order valence-corrected chi connectivity index (χ2v) is 7.09. The highest BCUT2D eigenvalue weighted by molar-refractivity contribution is 5.71. The first kappa shape index (κ1) is 22.9. The van der Waals surface area contributed by atoms with Crippen LogP contribution >= 0.6 is 0 Å². The second kappa shape index (κ2) is 11.0. The molecule has 0 unspecified atom stereocenters. The topological polar surface area (TPSA) is 63.2 Å². The standard InChI is InChI=1S/C23H37N5O/c1-8-16(9-2)25-23-19(11-4)26-22(18(10-3)27-23)17-15-24-21(14-20(17)29-7)28(12-5)13-6/h14-16H,8-13H2,1-7H3,(H,25,27). The molecule has 29 heavy (non-hydrogen) atoms. The summed E-state index contributed by atoms with van der Waals surface area (Å²) in [5.74, 6) is 2.62. The van der Waals surface area contributed by atoms with Crippen molar-refractivity contribution < 1.29 is 4.74 Å². The third-order valence-electron chi connectivity index (χ3n) is 5.45. The molecule has 0 aromatic carbocycles. The highest BCUT2D eigenvalue weighted by atomic mass is 16.5. The number of ether oxygens (including phenoxy) is 1. The largest absolute Gasteiger partial charge is 0.496 e. The van der Waals surface area contributed by atoms with E-state index in [1.54, 1.807) is 7.11 Å². The third-order valence-corrected chi connectivity index (χ3v) is 5.45. The van der Waals surface area contributed by atoms with Crippen LogP contribution in [-0.2, 0) is 12.8 Å². The van der Waals surface area contributed by atoms with Crippen molar-refractivity contribution >= 4 is 11.6 Å². The van der Waals surface area contributed by atoms with Crippen LogP contribution < -0.4 is 15.0 Å². The Morgan fingerprint density at radius 1 is 0.966 bits per heavy atom. The summed E-state index contributed by atoms with van der Waals surface area (Å²) >= 11 is 0. The zero-order valence-electron chi connectivity index (χ0n) is 19.2. The molecular formula is C23H37N5O. The summed E-state index contributed by atoms with van der Waals surface area (Å²) in [7, 11) is 1.70. The van der Waals surface area contributed by atoms with Gasteiger partial charge in [-0.1, -0.05) is 27.7 Å². The van der Waals surface area contributed by atoms with Crippen LogP contribution in [0.25, 0.3) is 11.3 Å². The first-order valence-electron chi connectivity index (χ1n) is 11.0. The summed E-state index contributed by atoms with van der Waals surface area (Å²) in [4.78, 5) is 16.9. The number of pyridine rings is 1. The van der Waals surface area contributed by atoms with E-state index >= 15 is 0 Å². The van der Waals surface area contributed by atoms with Crippen LogP contribution in [0, 0.1) is 0 Å². The summed E-state index contributed by atoms with van der Waals surface area (Å²) in [6.45, 7) is 14.7. The lowest BCUT2D eigenvalue weighted by Gasteiger charge is -2.22. The maximum Gasteiger partial charge on any atom is 0.148 e. The lowest BCUT2D eigenvalue weighted by Crippen LogP contribution is -2.23. The molecule has 0 atom stereocenters. The zero-order chi connectivity index (χ0) is 21.4. The van der Waals surface area contributed by atoms with Crippen molar-refractivity contribution in [3.05, 3.63) is 23.7 Å². The van der Waals surface area contributed by atoms with E-state index in [9.17, 15) is 0 Å². The van der Waals surface area contributed by atoms with E-state index in [-0.39, 0.29) is 0 Å². The molecule has 0 amide bonds. The van der Waals surface area contributed by atoms with E-state index < -0.39 is 0 Å². The molecule has 160 valence electrons. The highest BCUT2D eigenvalue weighted by Crippen LogP contribution is 2.34. The number of aromatic nitrogens is 3. The third kappa shape index (κ3) is 5.17. The van der Waals surface area contributed by atoms with Crippen LogP contribution in [0.2, 0.25) is 0 Å². The zero-order valence-corrected chi connectivity index (χ0v) is 19.2. The molecule has 0 bridgehead atoms. The van der Waals surface area contributed by atoms with E-state index in [0.29, 0.717) is 6.04 Å². The summed E-state index contributed by atoms with van der Waals surface area (Å²) in [6.07, 6.45) is 5.62. The van der Waals surface area contributed by atoms with Gasteiger partial charge in [0.05, 0.1) is 29.8 Å². The van der Waals surface area contributed by atoms with Gasteiger partial charge in [-0.3, -0.25) is 0 Å². The predicted molar refractivity (Wildman–Crippen MR) is 122 cm³/mol. The quantitative estimate of drug-likeness (QED) is 0.566. The first-order valence-corrected chi connectivity index (χ1v) is 11.0. The number of nitrogens with one attached hydrogen (secondary N) is 1. The Balaban J connectivity index is 2.56. The van der Waals surface area contributed by atoms with Gasteiger partial charge in [0.25, 0.3) is 0 Å². The van der Waals surface area contributed by atoms with Crippen molar-refractivity contribution in [1.29, 1.82) is 0 Å². The van der Waals surface area contributed by atoms with Gasteiger partial charge in [0.1, 0.15) is 17.4 Å². The molecule has 2 heterocycles. The fourth-order valence-electron chi connectivity index (χ4n) is 3.51. The fourth-order valence-corrected chi connectivity index (χ4v) is 3.51. The number of hydrogen-bond donors (Lipinski definition) is 1. The van der Waals surface area contributed by atoms with Crippen molar-refractivity contribution in [3.8, 4) is 17.0 Å². The van der Waals surface area contributed by atoms with E-state index in [2.05, 4.69) is 51.8 Å². The molecule has 0 saturated carbocycles. The van der Waals surface area contributed by atoms with Crippen LogP contribution in [0.4, 0.5) is 11.6 Å². The van der Waals surface area contributed by atoms with Crippen molar-refractivity contribution in [3.63, 3.8) is 0 Å². The molecule has 6 nitrogen and oxygen atoms in total. The lowest BCUT2D eigenvalue weighted by molar-refractivity contribution is 0.415. The van der Waals surface area contributed by atoms with E-state index in [1.165, 1.54) is 0 Å². The summed E-state index contributed by atoms with van der Waals surface area (Å²) < 4.78 is 5.73. The molecule has 0 aliphatic rings. The van der Waals surface area contributed by atoms with Gasteiger partial charge >= 0.3 is 0 Å². The van der Waals surface area contributed by atoms with Gasteiger partial charge in [0, 0.05) is 31.4 Å². The summed E-state index contributed by atoms with van der Waals surface area (Å²) in [6, 6.07) is 2.42. The van der Waals surface area contributed by atoms with Gasteiger partial charge in [-0.2, -0.15) is 0 Å². The maximum absolute atomic E-state index is 5.73. The van der Waals surface area contributed by atoms with Crippen LogP contribution in [0.15, 0.2) is 12.3 Å². The Bertz CT molecular complexity index is 785. The summed E-state index contributed by atoms with van der Waals surface area (Å²) in [5.41, 5.74) is 3.72. The van der Waals surface area contributed by atoms with Gasteiger partial charge in [-0.15, -0.1) is 0 Å². The lowest BCUT2D eigenvalue weighted by atomic mass is 10.1. The van der Waals surface area contributed by atoms with E-state index in [1.807, 2.05) is 12.3 Å². The van der Waals surface area contributed by atoms with Gasteiger partial charge in [-0.05, 0) is 39.5 Å². The van der Waals surface area contributed by atoms with Crippen molar-refractivity contribution in [2.45, 2.75) is 73.3 Å². The second-order valence-electron chi connectivity index (χ2n) is 7.09. The maximum atomic E-state index is 5.73. The van der Waals surface area contributed by atoms with Crippen LogP contribution in [0.3, 0.4) is 0 Å². The molecule has 1 N–H and O–H groups in total. The Hall–Kier alpha value is -2.37. The van der Waals surface area contributed by atoms with Crippen molar-refractivity contribution in [2.24, 2.45) is 0 Å². The van der Waals surface area contributed by atoms with E-state index in [0.717, 1.165) is 78.8 Å². The molecule has 0 aliphatic carbocycles. The van der Waals surface area contributed by atoms with Crippen molar-refractivity contribution in [2.75, 3.05) is 30.4 Å². The fraction of sp³-hybridized carbons (Fsp3) is 0.609. The smallest absolute Gasteiger partial charge is 0.148 e. The Morgan fingerprint density at radius 2 is 1.62 bits per heavy atom. The van der Waals surface area contributed by atoms with Gasteiger partial charge in [-0.25, -0.2) is 15.0 Å². The van der Waals surface area contributed by atoms with Crippen LogP contribution in [-0.4, -0.2) is 41.2 Å². The van der Waals surface area contributed by atoms with Gasteiger partial charge in [0.2, 0.25) is 0 Å². The monoisotopic (exact) mass is 399 g/mol.